The van der Waals surface area contributed by atoms with Crippen molar-refractivity contribution >= 4 is 12.4 Å². The summed E-state index contributed by atoms with van der Waals surface area (Å²) in [6, 6.07) is 1.55. The zero-order valence-electron chi connectivity index (χ0n) is 10.7. The van der Waals surface area contributed by atoms with Gasteiger partial charge in [-0.15, -0.1) is 12.4 Å². The first-order valence-electron chi connectivity index (χ1n) is 7.28. The molecule has 2 nitrogen and oxygen atoms in total. The second-order valence-corrected chi connectivity index (χ2v) is 6.07. The van der Waals surface area contributed by atoms with Gasteiger partial charge in [-0.1, -0.05) is 19.3 Å². The molecule has 1 saturated carbocycles. The summed E-state index contributed by atoms with van der Waals surface area (Å²) >= 11 is 0. The Morgan fingerprint density at radius 2 is 1.53 bits per heavy atom. The molecular formula is C14H26ClNO. The lowest BCUT2D eigenvalue weighted by Gasteiger charge is -2.31. The first-order chi connectivity index (χ1) is 7.90. The van der Waals surface area contributed by atoms with Crippen LogP contribution in [0, 0.1) is 5.92 Å². The van der Waals surface area contributed by atoms with Gasteiger partial charge in [0.05, 0.1) is 6.10 Å². The Labute approximate surface area is 111 Å². The average Bonchev–Trinajstić information content (AvgIpc) is 2.67. The van der Waals surface area contributed by atoms with Crippen LogP contribution in [0.1, 0.15) is 57.8 Å². The molecule has 100 valence electrons. The number of hydrogen-bond acceptors (Lipinski definition) is 2. The third-order valence-corrected chi connectivity index (χ3v) is 4.72. The van der Waals surface area contributed by atoms with Gasteiger partial charge in [-0.05, 0) is 44.4 Å². The topological polar surface area (TPSA) is 21.3 Å². The standard InChI is InChI=1S/C14H25NO.ClH/c1-2-4-11(5-3-1)10-16-14-8-12-6-7-13(9-14)15-12;/h11-15H,1-10H2;1H/t12-,13+,14?;. The zero-order valence-corrected chi connectivity index (χ0v) is 11.5. The van der Waals surface area contributed by atoms with Crippen molar-refractivity contribution in [3.63, 3.8) is 0 Å². The summed E-state index contributed by atoms with van der Waals surface area (Å²) in [6.07, 6.45) is 13.0. The third-order valence-electron chi connectivity index (χ3n) is 4.72. The first-order valence-corrected chi connectivity index (χ1v) is 7.28. The minimum absolute atomic E-state index is 0. The minimum Gasteiger partial charge on any atom is -0.378 e. The molecule has 3 rings (SSSR count). The molecule has 2 saturated heterocycles. The maximum Gasteiger partial charge on any atom is 0.0604 e. The van der Waals surface area contributed by atoms with Crippen LogP contribution in [-0.4, -0.2) is 24.8 Å². The monoisotopic (exact) mass is 259 g/mol. The summed E-state index contributed by atoms with van der Waals surface area (Å²) in [7, 11) is 0. The van der Waals surface area contributed by atoms with Gasteiger partial charge in [-0.2, -0.15) is 0 Å². The highest BCUT2D eigenvalue weighted by atomic mass is 35.5. The Hall–Kier alpha value is 0.210. The van der Waals surface area contributed by atoms with Gasteiger partial charge >= 0.3 is 0 Å². The van der Waals surface area contributed by atoms with Crippen LogP contribution in [0.3, 0.4) is 0 Å². The van der Waals surface area contributed by atoms with E-state index in [0.717, 1.165) is 24.6 Å². The summed E-state index contributed by atoms with van der Waals surface area (Å²) in [4.78, 5) is 0. The average molecular weight is 260 g/mol. The quantitative estimate of drug-likeness (QED) is 0.840. The highest BCUT2D eigenvalue weighted by molar-refractivity contribution is 5.85. The lowest BCUT2D eigenvalue weighted by atomic mass is 9.90. The number of nitrogens with one attached hydrogen (secondary N) is 1. The molecule has 0 amide bonds. The number of piperidine rings is 1. The number of hydrogen-bond donors (Lipinski definition) is 1. The molecule has 0 aromatic heterocycles. The first kappa shape index (κ1) is 13.6. The van der Waals surface area contributed by atoms with Gasteiger partial charge in [0.25, 0.3) is 0 Å². The molecule has 1 N–H and O–H groups in total. The maximum absolute atomic E-state index is 6.16. The summed E-state index contributed by atoms with van der Waals surface area (Å²) in [5.74, 6) is 0.876. The van der Waals surface area contributed by atoms with Gasteiger partial charge in [0.1, 0.15) is 0 Å². The molecule has 17 heavy (non-hydrogen) atoms. The fraction of sp³-hybridized carbons (Fsp3) is 1.00. The van der Waals surface area contributed by atoms with E-state index in [1.165, 1.54) is 57.8 Å². The lowest BCUT2D eigenvalue weighted by molar-refractivity contribution is -0.00514. The van der Waals surface area contributed by atoms with Crippen molar-refractivity contribution in [2.75, 3.05) is 6.61 Å². The SMILES string of the molecule is C1CCC(COC2C[C@H]3CC[C@@H](C2)N3)CC1.Cl. The summed E-state index contributed by atoms with van der Waals surface area (Å²) in [6.45, 7) is 1.05. The molecule has 3 heteroatoms. The molecule has 3 atom stereocenters. The van der Waals surface area contributed by atoms with E-state index in [0.29, 0.717) is 6.10 Å². The minimum atomic E-state index is 0. The van der Waals surface area contributed by atoms with Crippen LogP contribution in [0.2, 0.25) is 0 Å². The molecule has 3 aliphatic rings. The molecule has 1 aliphatic carbocycles. The van der Waals surface area contributed by atoms with E-state index in [-0.39, 0.29) is 12.4 Å². The second kappa shape index (κ2) is 6.40. The van der Waals surface area contributed by atoms with E-state index in [9.17, 15) is 0 Å². The highest BCUT2D eigenvalue weighted by Crippen LogP contribution is 2.30. The predicted octanol–water partition coefficient (Wildman–Crippen LogP) is 3.29. The van der Waals surface area contributed by atoms with Gasteiger partial charge < -0.3 is 10.1 Å². The van der Waals surface area contributed by atoms with Gasteiger partial charge in [-0.3, -0.25) is 0 Å². The van der Waals surface area contributed by atoms with E-state index in [1.54, 1.807) is 0 Å². The molecule has 1 unspecified atom stereocenters. The second-order valence-electron chi connectivity index (χ2n) is 6.07. The van der Waals surface area contributed by atoms with Crippen LogP contribution in [-0.2, 0) is 4.74 Å². The van der Waals surface area contributed by atoms with Crippen molar-refractivity contribution in [1.82, 2.24) is 5.32 Å². The maximum atomic E-state index is 6.16. The van der Waals surface area contributed by atoms with Crippen LogP contribution >= 0.6 is 12.4 Å². The third kappa shape index (κ3) is 3.59. The lowest BCUT2D eigenvalue weighted by Crippen LogP contribution is -2.41. The molecule has 0 spiro atoms. The number of ether oxygens (including phenoxy) is 1. The van der Waals surface area contributed by atoms with Crippen molar-refractivity contribution < 1.29 is 4.74 Å². The molecule has 2 heterocycles. The van der Waals surface area contributed by atoms with Crippen LogP contribution in [0.25, 0.3) is 0 Å². The van der Waals surface area contributed by atoms with Gasteiger partial charge in [0.2, 0.25) is 0 Å². The largest absolute Gasteiger partial charge is 0.378 e. The Morgan fingerprint density at radius 1 is 0.882 bits per heavy atom. The van der Waals surface area contributed by atoms with Crippen molar-refractivity contribution in [1.29, 1.82) is 0 Å². The van der Waals surface area contributed by atoms with E-state index < -0.39 is 0 Å². The summed E-state index contributed by atoms with van der Waals surface area (Å²) in [5, 5.41) is 3.68. The number of fused-ring (bicyclic) bond motifs is 2. The fourth-order valence-corrected chi connectivity index (χ4v) is 3.77. The molecule has 0 aromatic rings. The zero-order chi connectivity index (χ0) is 10.8. The summed E-state index contributed by atoms with van der Waals surface area (Å²) in [5.41, 5.74) is 0. The Bertz CT molecular complexity index is 218. The van der Waals surface area contributed by atoms with Crippen molar-refractivity contribution in [3.8, 4) is 0 Å². The van der Waals surface area contributed by atoms with Crippen molar-refractivity contribution in [3.05, 3.63) is 0 Å². The van der Waals surface area contributed by atoms with Gasteiger partial charge in [0.15, 0.2) is 0 Å². The fourth-order valence-electron chi connectivity index (χ4n) is 3.77. The Morgan fingerprint density at radius 3 is 2.18 bits per heavy atom. The Balaban J connectivity index is 0.00000108. The normalized spacial score (nSPS) is 37.8. The molecule has 2 aliphatic heterocycles. The molecule has 2 bridgehead atoms. The summed E-state index contributed by atoms with van der Waals surface area (Å²) < 4.78 is 6.16. The highest BCUT2D eigenvalue weighted by Gasteiger charge is 2.34. The van der Waals surface area contributed by atoms with Gasteiger partial charge in [-0.25, -0.2) is 0 Å². The number of halogens is 1. The number of rotatable bonds is 3. The van der Waals surface area contributed by atoms with Crippen molar-refractivity contribution in [2.24, 2.45) is 5.92 Å². The van der Waals surface area contributed by atoms with Crippen LogP contribution in [0.5, 0.6) is 0 Å². The van der Waals surface area contributed by atoms with E-state index in [4.69, 9.17) is 4.74 Å². The van der Waals surface area contributed by atoms with Gasteiger partial charge in [0, 0.05) is 18.7 Å². The molecular weight excluding hydrogens is 234 g/mol. The molecule has 0 aromatic carbocycles. The van der Waals surface area contributed by atoms with E-state index >= 15 is 0 Å². The van der Waals surface area contributed by atoms with Crippen LogP contribution in [0.4, 0.5) is 0 Å². The van der Waals surface area contributed by atoms with E-state index in [1.807, 2.05) is 0 Å². The van der Waals surface area contributed by atoms with Crippen LogP contribution in [0.15, 0.2) is 0 Å². The van der Waals surface area contributed by atoms with E-state index in [2.05, 4.69) is 5.32 Å². The smallest absolute Gasteiger partial charge is 0.0604 e. The predicted molar refractivity (Wildman–Crippen MR) is 72.7 cm³/mol. The molecule has 0 radical (unpaired) electrons. The van der Waals surface area contributed by atoms with Crippen molar-refractivity contribution in [2.45, 2.75) is 76.0 Å². The molecule has 3 fully saturated rings. The Kier molecular flexibility index (Phi) is 5.13. The van der Waals surface area contributed by atoms with Crippen LogP contribution < -0.4 is 5.32 Å².